The predicted octanol–water partition coefficient (Wildman–Crippen LogP) is 1.38. The summed E-state index contributed by atoms with van der Waals surface area (Å²) in [6.07, 6.45) is 1.19. The number of nitrogens with one attached hydrogen (secondary N) is 1. The van der Waals surface area contributed by atoms with Gasteiger partial charge in [0.1, 0.15) is 0 Å². The number of rotatable bonds is 1. The third-order valence-electron chi connectivity index (χ3n) is 2.22. The molecule has 1 aliphatic heterocycles. The van der Waals surface area contributed by atoms with Crippen molar-refractivity contribution in [2.24, 2.45) is 10.8 Å². The predicted molar refractivity (Wildman–Crippen MR) is 64.0 cm³/mol. The van der Waals surface area contributed by atoms with Crippen LogP contribution in [0.15, 0.2) is 11.1 Å². The Kier molecular flexibility index (Phi) is 3.10. The highest BCUT2D eigenvalue weighted by molar-refractivity contribution is 7.98. The molecule has 0 amide bonds. The average molecular weight is 227 g/mol. The second-order valence-electron chi connectivity index (χ2n) is 3.08. The van der Waals surface area contributed by atoms with Crippen LogP contribution in [-0.4, -0.2) is 18.6 Å². The first-order chi connectivity index (χ1) is 6.85. The van der Waals surface area contributed by atoms with Gasteiger partial charge in [-0.15, -0.1) is 11.3 Å². The van der Waals surface area contributed by atoms with Gasteiger partial charge in [-0.3, -0.25) is 4.99 Å². The summed E-state index contributed by atoms with van der Waals surface area (Å²) in [6, 6.07) is 2.20. The van der Waals surface area contributed by atoms with Gasteiger partial charge in [0, 0.05) is 17.7 Å². The fourth-order valence-electron chi connectivity index (χ4n) is 1.51. The van der Waals surface area contributed by atoms with Crippen molar-refractivity contribution < 1.29 is 0 Å². The van der Waals surface area contributed by atoms with E-state index in [1.807, 2.05) is 11.8 Å². The third-order valence-corrected chi connectivity index (χ3v) is 4.47. The quantitative estimate of drug-likeness (QED) is 0.330. The Balaban J connectivity index is 2.32. The van der Waals surface area contributed by atoms with E-state index in [1.54, 1.807) is 18.4 Å². The van der Waals surface area contributed by atoms with Crippen molar-refractivity contribution in [2.45, 2.75) is 12.2 Å². The topological polar surface area (TPSA) is 50.4 Å². The van der Waals surface area contributed by atoms with Crippen molar-refractivity contribution in [1.29, 1.82) is 0 Å². The molecule has 1 aliphatic rings. The molecule has 0 radical (unpaired) electrons. The number of nitrogens with zero attached hydrogens (tertiary/aromatic N) is 1. The van der Waals surface area contributed by atoms with E-state index >= 15 is 0 Å². The first-order valence-corrected chi connectivity index (χ1v) is 6.45. The molecule has 14 heavy (non-hydrogen) atoms. The van der Waals surface area contributed by atoms with Crippen LogP contribution in [0.3, 0.4) is 0 Å². The lowest BCUT2D eigenvalue weighted by Gasteiger charge is -2.08. The summed E-state index contributed by atoms with van der Waals surface area (Å²) in [6.45, 7) is 0. The highest BCUT2D eigenvalue weighted by Crippen LogP contribution is 2.31. The summed E-state index contributed by atoms with van der Waals surface area (Å²) in [7, 11) is 1.75. The Hall–Kier alpha value is -0.520. The van der Waals surface area contributed by atoms with Crippen molar-refractivity contribution in [3.63, 3.8) is 0 Å². The molecule has 5 heteroatoms. The molecule has 3 N–H and O–H groups in total. The van der Waals surface area contributed by atoms with Crippen molar-refractivity contribution >= 4 is 28.9 Å². The molecule has 0 aromatic carbocycles. The summed E-state index contributed by atoms with van der Waals surface area (Å²) in [5.74, 6) is 8.55. The van der Waals surface area contributed by atoms with Crippen LogP contribution in [0.2, 0.25) is 0 Å². The largest absolute Gasteiger partial charge is 0.308 e. The Bertz CT molecular complexity index is 333. The molecule has 0 aliphatic carbocycles. The van der Waals surface area contributed by atoms with E-state index in [-0.39, 0.29) is 0 Å². The minimum absolute atomic E-state index is 0.786. The maximum absolute atomic E-state index is 5.39. The Morgan fingerprint density at radius 1 is 1.64 bits per heavy atom. The number of hydrazine groups is 1. The van der Waals surface area contributed by atoms with Gasteiger partial charge in [0.25, 0.3) is 0 Å². The molecule has 76 valence electrons. The molecule has 2 rings (SSSR count). The van der Waals surface area contributed by atoms with Crippen LogP contribution < -0.4 is 11.3 Å². The number of thiophene rings is 1. The van der Waals surface area contributed by atoms with Crippen molar-refractivity contribution in [1.82, 2.24) is 5.43 Å². The number of hydrogen-bond donors (Lipinski definition) is 2. The zero-order valence-electron chi connectivity index (χ0n) is 8.04. The Labute approximate surface area is 91.8 Å². The zero-order valence-corrected chi connectivity index (χ0v) is 9.67. The Morgan fingerprint density at radius 3 is 3.14 bits per heavy atom. The lowest BCUT2D eigenvalue weighted by atomic mass is 10.2. The Morgan fingerprint density at radius 2 is 2.50 bits per heavy atom. The summed E-state index contributed by atoms with van der Waals surface area (Å²) >= 11 is 3.80. The van der Waals surface area contributed by atoms with Gasteiger partial charge in [-0.05, 0) is 23.8 Å². The molecule has 1 aromatic rings. The SMILES string of the molecule is CN=C(NN)c1cc2c(s1)CCSC2. The van der Waals surface area contributed by atoms with Crippen LogP contribution in [0.5, 0.6) is 0 Å². The molecule has 3 nitrogen and oxygen atoms in total. The van der Waals surface area contributed by atoms with Crippen LogP contribution in [0, 0.1) is 0 Å². The zero-order chi connectivity index (χ0) is 9.97. The van der Waals surface area contributed by atoms with Gasteiger partial charge in [0.2, 0.25) is 0 Å². The number of amidine groups is 1. The van der Waals surface area contributed by atoms with Crippen molar-refractivity contribution in [3.05, 3.63) is 21.4 Å². The van der Waals surface area contributed by atoms with E-state index in [0.717, 1.165) is 16.5 Å². The molecule has 1 aromatic heterocycles. The molecular weight excluding hydrogens is 214 g/mol. The monoisotopic (exact) mass is 227 g/mol. The van der Waals surface area contributed by atoms with E-state index < -0.39 is 0 Å². The van der Waals surface area contributed by atoms with E-state index in [4.69, 9.17) is 5.84 Å². The van der Waals surface area contributed by atoms with Crippen LogP contribution in [0.4, 0.5) is 0 Å². The lowest BCUT2D eigenvalue weighted by molar-refractivity contribution is 1.02. The fraction of sp³-hybridized carbons (Fsp3) is 0.444. The summed E-state index contributed by atoms with van der Waals surface area (Å²) in [5, 5.41) is 0. The van der Waals surface area contributed by atoms with Gasteiger partial charge in [-0.1, -0.05) is 0 Å². The van der Waals surface area contributed by atoms with E-state index in [1.165, 1.54) is 22.6 Å². The van der Waals surface area contributed by atoms with Gasteiger partial charge in [0.05, 0.1) is 4.88 Å². The molecule has 0 spiro atoms. The standard InChI is InChI=1S/C9H13N3S2/c1-11-9(12-10)8-4-6-5-13-3-2-7(6)14-8/h4H,2-3,5,10H2,1H3,(H,11,12). The molecule has 0 atom stereocenters. The normalized spacial score (nSPS) is 16.6. The van der Waals surface area contributed by atoms with Crippen molar-refractivity contribution in [2.75, 3.05) is 12.8 Å². The van der Waals surface area contributed by atoms with E-state index in [0.29, 0.717) is 0 Å². The van der Waals surface area contributed by atoms with Gasteiger partial charge in [-0.25, -0.2) is 5.84 Å². The molecule has 0 saturated heterocycles. The molecule has 0 bridgehead atoms. The highest BCUT2D eigenvalue weighted by atomic mass is 32.2. The second kappa shape index (κ2) is 4.33. The minimum atomic E-state index is 0.786. The maximum Gasteiger partial charge on any atom is 0.152 e. The molecule has 0 saturated carbocycles. The number of nitrogens with two attached hydrogens (primary N) is 1. The summed E-state index contributed by atoms with van der Waals surface area (Å²) in [5.41, 5.74) is 4.09. The van der Waals surface area contributed by atoms with Gasteiger partial charge >= 0.3 is 0 Å². The van der Waals surface area contributed by atoms with Crippen LogP contribution >= 0.6 is 23.1 Å². The highest BCUT2D eigenvalue weighted by Gasteiger charge is 2.15. The molecule has 0 unspecified atom stereocenters. The number of aryl methyl sites for hydroxylation is 1. The second-order valence-corrected chi connectivity index (χ2v) is 5.32. The fourth-order valence-corrected chi connectivity index (χ4v) is 3.88. The first-order valence-electron chi connectivity index (χ1n) is 4.48. The van der Waals surface area contributed by atoms with E-state index in [2.05, 4.69) is 16.5 Å². The number of aliphatic imine (C=N–C) groups is 1. The molecular formula is C9H13N3S2. The third kappa shape index (κ3) is 1.80. The number of thioether (sulfide) groups is 1. The number of fused-ring (bicyclic) bond motifs is 1. The maximum atomic E-state index is 5.39. The van der Waals surface area contributed by atoms with Gasteiger partial charge in [0.15, 0.2) is 5.84 Å². The molecule has 2 heterocycles. The molecule has 0 fully saturated rings. The summed E-state index contributed by atoms with van der Waals surface area (Å²) in [4.78, 5) is 6.75. The van der Waals surface area contributed by atoms with Gasteiger partial charge < -0.3 is 5.43 Å². The van der Waals surface area contributed by atoms with Crippen LogP contribution in [-0.2, 0) is 12.2 Å². The summed E-state index contributed by atoms with van der Waals surface area (Å²) < 4.78 is 0. The smallest absolute Gasteiger partial charge is 0.152 e. The van der Waals surface area contributed by atoms with Crippen molar-refractivity contribution in [3.8, 4) is 0 Å². The van der Waals surface area contributed by atoms with Gasteiger partial charge in [-0.2, -0.15) is 11.8 Å². The average Bonchev–Trinajstić information content (AvgIpc) is 2.63. The lowest BCUT2D eigenvalue weighted by Crippen LogP contribution is -2.30. The van der Waals surface area contributed by atoms with Crippen LogP contribution in [0.1, 0.15) is 15.3 Å². The first kappa shape index (κ1) is 10.0. The van der Waals surface area contributed by atoms with E-state index in [9.17, 15) is 0 Å². The van der Waals surface area contributed by atoms with Crippen LogP contribution in [0.25, 0.3) is 0 Å². The number of hydrogen-bond acceptors (Lipinski definition) is 4. The minimum Gasteiger partial charge on any atom is -0.308 e.